The third-order valence-electron chi connectivity index (χ3n) is 5.62. The van der Waals surface area contributed by atoms with Crippen molar-refractivity contribution in [2.45, 2.75) is 36.6 Å². The van der Waals surface area contributed by atoms with E-state index in [4.69, 9.17) is 4.98 Å². The van der Waals surface area contributed by atoms with Gasteiger partial charge in [0.2, 0.25) is 5.91 Å². The number of amides is 1. The molecule has 1 fully saturated rings. The topological polar surface area (TPSA) is 83.5 Å². The van der Waals surface area contributed by atoms with Crippen LogP contribution in [0.25, 0.3) is 10.2 Å². The average Bonchev–Trinajstić information content (AvgIpc) is 3.58. The monoisotopic (exact) mass is 498 g/mol. The molecule has 0 spiro atoms. The predicted molar refractivity (Wildman–Crippen MR) is 131 cm³/mol. The average molecular weight is 499 g/mol. The highest BCUT2D eigenvalue weighted by atomic mass is 32.2. The number of pyridine rings is 1. The Hall–Kier alpha value is -2.66. The summed E-state index contributed by atoms with van der Waals surface area (Å²) in [5.74, 6) is -0.269. The van der Waals surface area contributed by atoms with Crippen LogP contribution < -0.4 is 4.90 Å². The Morgan fingerprint density at radius 3 is 2.85 bits per heavy atom. The number of hydrogen-bond donors (Lipinski definition) is 0. The van der Waals surface area contributed by atoms with Crippen LogP contribution in [0, 0.1) is 6.92 Å². The van der Waals surface area contributed by atoms with Crippen LogP contribution in [-0.2, 0) is 21.4 Å². The van der Waals surface area contributed by atoms with Gasteiger partial charge in [-0.15, -0.1) is 11.3 Å². The van der Waals surface area contributed by atoms with Crippen molar-refractivity contribution >= 4 is 54.0 Å². The number of nitrogens with zero attached hydrogens (tertiary/aromatic N) is 4. The molecule has 0 N–H and O–H groups in total. The highest BCUT2D eigenvalue weighted by Crippen LogP contribution is 2.34. The first-order valence-electron chi connectivity index (χ1n) is 10.6. The number of carbonyl (C=O) groups is 1. The molecule has 4 heterocycles. The van der Waals surface area contributed by atoms with Gasteiger partial charge in [0.05, 0.1) is 22.5 Å². The van der Waals surface area contributed by atoms with Gasteiger partial charge in [0.15, 0.2) is 5.13 Å². The predicted octanol–water partition coefficient (Wildman–Crippen LogP) is 4.45. The van der Waals surface area contributed by atoms with Crippen LogP contribution in [-0.4, -0.2) is 41.2 Å². The SMILES string of the molecule is Cc1ccc2nc(N(Cc3ccccn3)C(=O)[C@@H]3CCCN3S(=O)(=O)c3cccs3)sc2c1. The molecule has 3 aromatic heterocycles. The summed E-state index contributed by atoms with van der Waals surface area (Å²) in [6.45, 7) is 2.57. The maximum atomic E-state index is 13.9. The van der Waals surface area contributed by atoms with Crippen molar-refractivity contribution in [2.24, 2.45) is 0 Å². The van der Waals surface area contributed by atoms with Gasteiger partial charge in [-0.3, -0.25) is 14.7 Å². The zero-order chi connectivity index (χ0) is 23.0. The summed E-state index contributed by atoms with van der Waals surface area (Å²) >= 11 is 2.60. The first kappa shape index (κ1) is 22.1. The van der Waals surface area contributed by atoms with E-state index in [1.165, 1.54) is 27.0 Å². The van der Waals surface area contributed by atoms with E-state index in [1.807, 2.05) is 43.3 Å². The Morgan fingerprint density at radius 1 is 1.21 bits per heavy atom. The van der Waals surface area contributed by atoms with Crippen LogP contribution in [0.4, 0.5) is 5.13 Å². The summed E-state index contributed by atoms with van der Waals surface area (Å²) in [6.07, 6.45) is 2.80. The molecular formula is C23H22N4O3S3. The van der Waals surface area contributed by atoms with Crippen molar-refractivity contribution in [1.29, 1.82) is 0 Å². The molecule has 10 heteroatoms. The molecule has 0 saturated carbocycles. The van der Waals surface area contributed by atoms with Crippen molar-refractivity contribution in [3.63, 3.8) is 0 Å². The van der Waals surface area contributed by atoms with Crippen molar-refractivity contribution in [3.05, 3.63) is 71.4 Å². The number of fused-ring (bicyclic) bond motifs is 1. The number of benzene rings is 1. The van der Waals surface area contributed by atoms with Crippen molar-refractivity contribution in [2.75, 3.05) is 11.4 Å². The molecule has 4 aromatic rings. The van der Waals surface area contributed by atoms with Crippen molar-refractivity contribution < 1.29 is 13.2 Å². The summed E-state index contributed by atoms with van der Waals surface area (Å²) in [6, 6.07) is 14.0. The second-order valence-corrected chi connectivity index (χ2v) is 12.0. The Labute approximate surface area is 200 Å². The van der Waals surface area contributed by atoms with Gasteiger partial charge in [-0.05, 0) is 61.0 Å². The summed E-state index contributed by atoms with van der Waals surface area (Å²) in [5.41, 5.74) is 2.64. The largest absolute Gasteiger partial charge is 0.281 e. The number of hydrogen-bond acceptors (Lipinski definition) is 7. The summed E-state index contributed by atoms with van der Waals surface area (Å²) in [7, 11) is -3.74. The summed E-state index contributed by atoms with van der Waals surface area (Å²) < 4.78 is 29.1. The van der Waals surface area contributed by atoms with E-state index in [1.54, 1.807) is 28.6 Å². The van der Waals surface area contributed by atoms with Crippen molar-refractivity contribution in [3.8, 4) is 0 Å². The number of carbonyl (C=O) groups excluding carboxylic acids is 1. The molecule has 1 aliphatic heterocycles. The molecule has 0 bridgehead atoms. The molecule has 170 valence electrons. The normalized spacial score (nSPS) is 16.9. The van der Waals surface area contributed by atoms with E-state index < -0.39 is 16.1 Å². The lowest BCUT2D eigenvalue weighted by atomic mass is 10.2. The fraction of sp³-hybridized carbons (Fsp3) is 0.261. The van der Waals surface area contributed by atoms with E-state index in [0.29, 0.717) is 30.2 Å². The molecule has 7 nitrogen and oxygen atoms in total. The molecule has 0 aliphatic carbocycles. The van der Waals surface area contributed by atoms with Crippen LogP contribution in [0.1, 0.15) is 24.1 Å². The number of aryl methyl sites for hydroxylation is 1. The maximum absolute atomic E-state index is 13.9. The third-order valence-corrected chi connectivity index (χ3v) is 9.94. The first-order chi connectivity index (χ1) is 15.9. The van der Waals surface area contributed by atoms with E-state index >= 15 is 0 Å². The standard InChI is InChI=1S/C23H22N4O3S3/c1-16-9-10-18-20(14-16)32-23(25-18)26(15-17-6-2-3-11-24-17)22(28)19-7-4-12-27(19)33(29,30)21-8-5-13-31-21/h2-3,5-6,8-11,13-14,19H,4,7,12,15H2,1H3/t19-/m0/s1. The summed E-state index contributed by atoms with van der Waals surface area (Å²) in [4.78, 5) is 24.6. The first-order valence-corrected chi connectivity index (χ1v) is 13.7. The van der Waals surface area contributed by atoms with Crippen molar-refractivity contribution in [1.82, 2.24) is 14.3 Å². The fourth-order valence-corrected chi connectivity index (χ4v) is 7.85. The van der Waals surface area contributed by atoms with Crippen LogP contribution in [0.2, 0.25) is 0 Å². The highest BCUT2D eigenvalue weighted by molar-refractivity contribution is 7.91. The lowest BCUT2D eigenvalue weighted by molar-refractivity contribution is -0.121. The fourth-order valence-electron chi connectivity index (χ4n) is 4.01. The zero-order valence-corrected chi connectivity index (χ0v) is 20.4. The summed E-state index contributed by atoms with van der Waals surface area (Å²) in [5, 5.41) is 2.28. The Morgan fingerprint density at radius 2 is 2.09 bits per heavy atom. The zero-order valence-electron chi connectivity index (χ0n) is 17.9. The number of aromatic nitrogens is 2. The Bertz CT molecular complexity index is 1390. The van der Waals surface area contributed by atoms with Crippen LogP contribution in [0.5, 0.6) is 0 Å². The van der Waals surface area contributed by atoms with Crippen LogP contribution in [0.3, 0.4) is 0 Å². The molecule has 1 amide bonds. The number of sulfonamides is 1. The smallest absolute Gasteiger partial charge is 0.253 e. The van der Waals surface area contributed by atoms with Gasteiger partial charge < -0.3 is 0 Å². The highest BCUT2D eigenvalue weighted by Gasteiger charge is 2.42. The van der Waals surface area contributed by atoms with E-state index in [0.717, 1.165) is 15.8 Å². The molecule has 5 rings (SSSR count). The van der Waals surface area contributed by atoms with E-state index in [-0.39, 0.29) is 16.7 Å². The number of thiazole rings is 1. The number of thiophene rings is 1. The molecule has 1 atom stereocenters. The minimum Gasteiger partial charge on any atom is -0.281 e. The van der Waals surface area contributed by atoms with Crippen LogP contribution >= 0.6 is 22.7 Å². The second-order valence-electron chi connectivity index (χ2n) is 7.92. The van der Waals surface area contributed by atoms with Gasteiger partial charge in [0, 0.05) is 12.7 Å². The second kappa shape index (κ2) is 8.94. The molecule has 1 saturated heterocycles. The van der Waals surface area contributed by atoms with Gasteiger partial charge in [-0.2, -0.15) is 4.31 Å². The Balaban J connectivity index is 1.53. The molecule has 1 aliphatic rings. The molecular weight excluding hydrogens is 476 g/mol. The maximum Gasteiger partial charge on any atom is 0.253 e. The molecule has 0 unspecified atom stereocenters. The van der Waals surface area contributed by atoms with Gasteiger partial charge in [-0.1, -0.05) is 29.5 Å². The molecule has 33 heavy (non-hydrogen) atoms. The third kappa shape index (κ3) is 4.31. The number of anilines is 1. The quantitative estimate of drug-likeness (QED) is 0.392. The minimum atomic E-state index is -3.74. The number of rotatable bonds is 6. The van der Waals surface area contributed by atoms with E-state index in [2.05, 4.69) is 4.98 Å². The lowest BCUT2D eigenvalue weighted by Gasteiger charge is -2.28. The van der Waals surface area contributed by atoms with E-state index in [9.17, 15) is 13.2 Å². The van der Waals surface area contributed by atoms with Gasteiger partial charge in [0.25, 0.3) is 10.0 Å². The van der Waals surface area contributed by atoms with Gasteiger partial charge >= 0.3 is 0 Å². The van der Waals surface area contributed by atoms with Gasteiger partial charge in [-0.25, -0.2) is 13.4 Å². The van der Waals surface area contributed by atoms with Gasteiger partial charge in [0.1, 0.15) is 10.3 Å². The Kier molecular flexibility index (Phi) is 6.00. The molecule has 1 aromatic carbocycles. The van der Waals surface area contributed by atoms with Crippen LogP contribution in [0.15, 0.2) is 64.3 Å². The lowest BCUT2D eigenvalue weighted by Crippen LogP contribution is -2.47. The minimum absolute atomic E-state index is 0.224. The molecule has 0 radical (unpaired) electrons.